The van der Waals surface area contributed by atoms with Crippen molar-refractivity contribution in [2.24, 2.45) is 5.92 Å². The standard InChI is InChI=1S/C26H41N2O4P/c1-7-8-9-10-20-14-24(29)26(23-13-19(4)11-12-22(23)18(2)3)25(15-20)32-33(30,28(5)6)27-16-21-17-31-21/h13-15,21-23,29H,2,7-12,16-17H2,1,3-6H3,(H,27,30)/t21?,22-,23+,33?/m0/s1. The zero-order valence-electron chi connectivity index (χ0n) is 20.9. The maximum absolute atomic E-state index is 13.8. The van der Waals surface area contributed by atoms with E-state index in [1.165, 1.54) is 5.57 Å². The maximum Gasteiger partial charge on any atom is 0.392 e. The number of ether oxygens (including phenoxy) is 1. The minimum atomic E-state index is -3.39. The zero-order valence-corrected chi connectivity index (χ0v) is 21.8. The normalized spacial score (nSPS) is 24.3. The van der Waals surface area contributed by atoms with Gasteiger partial charge in [0.25, 0.3) is 0 Å². The summed E-state index contributed by atoms with van der Waals surface area (Å²) in [6, 6.07) is 3.83. The number of nitrogens with zero attached hydrogens (tertiary/aromatic N) is 1. The molecule has 2 aliphatic rings. The number of phenols is 1. The fraction of sp³-hybridized carbons (Fsp3) is 0.615. The molecule has 1 fully saturated rings. The van der Waals surface area contributed by atoms with Gasteiger partial charge in [-0.1, -0.05) is 43.6 Å². The van der Waals surface area contributed by atoms with Crippen LogP contribution in [0.15, 0.2) is 35.9 Å². The summed E-state index contributed by atoms with van der Waals surface area (Å²) < 4.78 is 27.0. The van der Waals surface area contributed by atoms with Gasteiger partial charge in [0.2, 0.25) is 0 Å². The molecule has 0 radical (unpaired) electrons. The van der Waals surface area contributed by atoms with Crippen molar-refractivity contribution in [3.05, 3.63) is 47.1 Å². The number of unbranched alkanes of at least 4 members (excludes halogenated alkanes) is 2. The molecule has 6 nitrogen and oxygen atoms in total. The highest BCUT2D eigenvalue weighted by Gasteiger charge is 2.36. The topological polar surface area (TPSA) is 74.3 Å². The van der Waals surface area contributed by atoms with Gasteiger partial charge < -0.3 is 14.4 Å². The van der Waals surface area contributed by atoms with Crippen LogP contribution >= 0.6 is 7.67 Å². The second kappa shape index (κ2) is 11.2. The van der Waals surface area contributed by atoms with Crippen molar-refractivity contribution < 1.29 is 18.9 Å². The van der Waals surface area contributed by atoms with E-state index < -0.39 is 7.67 Å². The highest BCUT2D eigenvalue weighted by atomic mass is 31.2. The second-order valence-corrected chi connectivity index (χ2v) is 12.1. The molecular formula is C26H41N2O4P. The van der Waals surface area contributed by atoms with Gasteiger partial charge in [0.1, 0.15) is 11.5 Å². The summed E-state index contributed by atoms with van der Waals surface area (Å²) in [7, 11) is 0.101. The monoisotopic (exact) mass is 476 g/mol. The van der Waals surface area contributed by atoms with Gasteiger partial charge >= 0.3 is 7.67 Å². The van der Waals surface area contributed by atoms with E-state index >= 15 is 0 Å². The minimum Gasteiger partial charge on any atom is -0.507 e. The molecule has 3 rings (SSSR count). The summed E-state index contributed by atoms with van der Waals surface area (Å²) >= 11 is 0. The summed E-state index contributed by atoms with van der Waals surface area (Å²) in [5.41, 5.74) is 4.07. The quantitative estimate of drug-likeness (QED) is 0.162. The molecule has 2 N–H and O–H groups in total. The number of phenolic OH excluding ortho intramolecular Hbond substituents is 1. The number of aromatic hydroxyl groups is 1. The van der Waals surface area contributed by atoms with Gasteiger partial charge in [-0.3, -0.25) is 0 Å². The fourth-order valence-corrected chi connectivity index (χ4v) is 5.86. The number of nitrogens with one attached hydrogen (secondary N) is 1. The number of hydrogen-bond acceptors (Lipinski definition) is 4. The lowest BCUT2D eigenvalue weighted by Crippen LogP contribution is -2.28. The molecule has 2 unspecified atom stereocenters. The largest absolute Gasteiger partial charge is 0.507 e. The van der Waals surface area contributed by atoms with Gasteiger partial charge in [-0.2, -0.15) is 0 Å². The van der Waals surface area contributed by atoms with Crippen molar-refractivity contribution >= 4 is 7.67 Å². The number of aryl methyl sites for hydroxylation is 1. The summed E-state index contributed by atoms with van der Waals surface area (Å²) in [6.07, 6.45) is 8.41. The lowest BCUT2D eigenvalue weighted by molar-refractivity contribution is 0.372. The Hall–Kier alpha value is -1.59. The molecule has 1 aromatic carbocycles. The van der Waals surface area contributed by atoms with Gasteiger partial charge in [0.15, 0.2) is 0 Å². The predicted octanol–water partition coefficient (Wildman–Crippen LogP) is 6.18. The molecule has 0 spiro atoms. The molecule has 0 saturated carbocycles. The molecule has 0 bridgehead atoms. The Morgan fingerprint density at radius 1 is 1.36 bits per heavy atom. The first-order valence-corrected chi connectivity index (χ1v) is 13.7. The highest BCUT2D eigenvalue weighted by molar-refractivity contribution is 7.54. The first-order valence-electron chi connectivity index (χ1n) is 12.2. The second-order valence-electron chi connectivity index (χ2n) is 9.79. The van der Waals surface area contributed by atoms with Crippen LogP contribution in [0.25, 0.3) is 0 Å². The van der Waals surface area contributed by atoms with E-state index in [-0.39, 0.29) is 23.7 Å². The lowest BCUT2D eigenvalue weighted by atomic mass is 9.73. The molecule has 7 heteroatoms. The number of benzene rings is 1. The van der Waals surface area contributed by atoms with Gasteiger partial charge in [0.05, 0.1) is 12.7 Å². The van der Waals surface area contributed by atoms with Crippen LogP contribution in [0.5, 0.6) is 11.5 Å². The molecule has 0 amide bonds. The maximum atomic E-state index is 13.8. The number of allylic oxidation sites excluding steroid dienone is 3. The molecule has 1 aliphatic heterocycles. The van der Waals surface area contributed by atoms with E-state index in [4.69, 9.17) is 9.26 Å². The fourth-order valence-electron chi connectivity index (χ4n) is 4.50. The molecule has 1 heterocycles. The Morgan fingerprint density at radius 2 is 2.09 bits per heavy atom. The Balaban J connectivity index is 2.04. The highest BCUT2D eigenvalue weighted by Crippen LogP contribution is 2.52. The SMILES string of the molecule is C=C(C)[C@@H]1CCC(C)=C[C@H]1c1c(O)cc(CCCCC)cc1OP(=O)(NCC1CO1)N(C)C. The summed E-state index contributed by atoms with van der Waals surface area (Å²) in [5, 5.41) is 14.3. The van der Waals surface area contributed by atoms with Crippen molar-refractivity contribution in [3.8, 4) is 11.5 Å². The van der Waals surface area contributed by atoms with Crippen LogP contribution in [0.1, 0.15) is 69.9 Å². The van der Waals surface area contributed by atoms with E-state index in [9.17, 15) is 9.67 Å². The molecule has 0 aromatic heterocycles. The summed E-state index contributed by atoms with van der Waals surface area (Å²) in [4.78, 5) is 0. The van der Waals surface area contributed by atoms with Crippen molar-refractivity contribution in [3.63, 3.8) is 0 Å². The van der Waals surface area contributed by atoms with Gasteiger partial charge in [0, 0.05) is 18.0 Å². The van der Waals surface area contributed by atoms with E-state index in [0.717, 1.165) is 49.7 Å². The van der Waals surface area contributed by atoms with Crippen LogP contribution in [-0.4, -0.2) is 43.1 Å². The van der Waals surface area contributed by atoms with Crippen molar-refractivity contribution in [2.75, 3.05) is 27.2 Å². The predicted molar refractivity (Wildman–Crippen MR) is 135 cm³/mol. The minimum absolute atomic E-state index is 0.0710. The van der Waals surface area contributed by atoms with Gasteiger partial charge in [-0.05, 0) is 77.2 Å². The summed E-state index contributed by atoms with van der Waals surface area (Å²) in [5.74, 6) is 0.819. The van der Waals surface area contributed by atoms with Crippen LogP contribution in [0.3, 0.4) is 0 Å². The number of hydrogen-bond donors (Lipinski definition) is 2. The molecular weight excluding hydrogens is 435 g/mol. The van der Waals surface area contributed by atoms with E-state index in [0.29, 0.717) is 24.5 Å². The van der Waals surface area contributed by atoms with Gasteiger partial charge in [-0.25, -0.2) is 14.3 Å². The van der Waals surface area contributed by atoms with Gasteiger partial charge in [-0.15, -0.1) is 0 Å². The van der Waals surface area contributed by atoms with Crippen LogP contribution < -0.4 is 9.61 Å². The van der Waals surface area contributed by atoms with Crippen LogP contribution in [0, 0.1) is 5.92 Å². The van der Waals surface area contributed by atoms with Crippen molar-refractivity contribution in [1.82, 2.24) is 9.76 Å². The number of epoxide rings is 1. The molecule has 1 aliphatic carbocycles. The smallest absolute Gasteiger partial charge is 0.392 e. The number of rotatable bonds is 12. The van der Waals surface area contributed by atoms with E-state index in [2.05, 4.69) is 31.6 Å². The van der Waals surface area contributed by atoms with E-state index in [1.54, 1.807) is 18.8 Å². The Kier molecular flexibility index (Phi) is 8.85. The molecule has 1 saturated heterocycles. The van der Waals surface area contributed by atoms with Crippen LogP contribution in [0.2, 0.25) is 0 Å². The Morgan fingerprint density at radius 3 is 2.70 bits per heavy atom. The first-order chi connectivity index (χ1) is 15.6. The third kappa shape index (κ3) is 6.73. The molecule has 1 aromatic rings. The van der Waals surface area contributed by atoms with Crippen molar-refractivity contribution in [1.29, 1.82) is 0 Å². The average molecular weight is 477 g/mol. The molecule has 33 heavy (non-hydrogen) atoms. The first kappa shape index (κ1) is 26.0. The van der Waals surface area contributed by atoms with Crippen molar-refractivity contribution in [2.45, 2.75) is 71.3 Å². The van der Waals surface area contributed by atoms with E-state index in [1.807, 2.05) is 19.1 Å². The molecule has 184 valence electrons. The molecule has 4 atom stereocenters. The Labute approximate surface area is 199 Å². The zero-order chi connectivity index (χ0) is 24.2. The summed E-state index contributed by atoms with van der Waals surface area (Å²) in [6.45, 7) is 11.7. The third-order valence-electron chi connectivity index (χ3n) is 6.63. The average Bonchev–Trinajstić information content (AvgIpc) is 3.56. The van der Waals surface area contributed by atoms with Crippen LogP contribution in [-0.2, 0) is 15.7 Å². The Bertz CT molecular complexity index is 923. The lowest BCUT2D eigenvalue weighted by Gasteiger charge is -2.33. The third-order valence-corrected chi connectivity index (χ3v) is 8.71. The van der Waals surface area contributed by atoms with Crippen LogP contribution in [0.4, 0.5) is 0 Å².